The molecule has 3 nitrogen and oxygen atoms in total. The van der Waals surface area contributed by atoms with Crippen LogP contribution < -0.4 is 9.47 Å². The molecule has 102 valence electrons. The minimum Gasteiger partial charge on any atom is -0.496 e. The molecule has 0 amide bonds. The summed E-state index contributed by atoms with van der Waals surface area (Å²) in [7, 11) is 1.54. The SMILES string of the molecule is COc1ccc(Cl)cc1C(=O)c1ccc2c(c1)CCO2. The summed E-state index contributed by atoms with van der Waals surface area (Å²) in [5, 5.41) is 0.513. The molecule has 0 radical (unpaired) electrons. The first kappa shape index (κ1) is 13.0. The molecule has 2 aromatic carbocycles. The smallest absolute Gasteiger partial charge is 0.196 e. The van der Waals surface area contributed by atoms with Crippen LogP contribution in [-0.2, 0) is 6.42 Å². The van der Waals surface area contributed by atoms with Gasteiger partial charge in [0.2, 0.25) is 0 Å². The van der Waals surface area contributed by atoms with Gasteiger partial charge in [0.1, 0.15) is 11.5 Å². The highest BCUT2D eigenvalue weighted by molar-refractivity contribution is 6.31. The molecule has 0 saturated carbocycles. The number of methoxy groups -OCH3 is 1. The van der Waals surface area contributed by atoms with Crippen molar-refractivity contribution in [3.05, 3.63) is 58.1 Å². The van der Waals surface area contributed by atoms with Crippen LogP contribution in [0.4, 0.5) is 0 Å². The highest BCUT2D eigenvalue weighted by Crippen LogP contribution is 2.29. The summed E-state index contributed by atoms with van der Waals surface area (Å²) in [4.78, 5) is 12.6. The topological polar surface area (TPSA) is 35.5 Å². The van der Waals surface area contributed by atoms with Gasteiger partial charge in [-0.3, -0.25) is 4.79 Å². The van der Waals surface area contributed by atoms with Crippen LogP contribution in [0.5, 0.6) is 11.5 Å². The minimum atomic E-state index is -0.0981. The van der Waals surface area contributed by atoms with E-state index in [9.17, 15) is 4.79 Å². The number of carbonyl (C=O) groups excluding carboxylic acids is 1. The van der Waals surface area contributed by atoms with Crippen LogP contribution in [-0.4, -0.2) is 19.5 Å². The van der Waals surface area contributed by atoms with E-state index in [0.717, 1.165) is 17.7 Å². The van der Waals surface area contributed by atoms with E-state index in [0.29, 0.717) is 28.5 Å². The van der Waals surface area contributed by atoms with E-state index in [1.54, 1.807) is 24.3 Å². The Labute approximate surface area is 122 Å². The zero-order chi connectivity index (χ0) is 14.1. The molecule has 0 spiro atoms. The van der Waals surface area contributed by atoms with Crippen LogP contribution in [0.15, 0.2) is 36.4 Å². The fourth-order valence-electron chi connectivity index (χ4n) is 2.34. The van der Waals surface area contributed by atoms with Crippen LogP contribution >= 0.6 is 11.6 Å². The molecule has 0 aromatic heterocycles. The average molecular weight is 289 g/mol. The summed E-state index contributed by atoms with van der Waals surface area (Å²) in [5.41, 5.74) is 2.16. The zero-order valence-electron chi connectivity index (χ0n) is 11.0. The zero-order valence-corrected chi connectivity index (χ0v) is 11.7. The van der Waals surface area contributed by atoms with Gasteiger partial charge < -0.3 is 9.47 Å². The molecular weight excluding hydrogens is 276 g/mol. The standard InChI is InChI=1S/C16H13ClO3/c1-19-15-5-3-12(17)9-13(15)16(18)11-2-4-14-10(8-11)6-7-20-14/h2-5,8-9H,6-7H2,1H3. The van der Waals surface area contributed by atoms with Gasteiger partial charge in [-0.05, 0) is 42.0 Å². The van der Waals surface area contributed by atoms with Crippen LogP contribution in [0.2, 0.25) is 5.02 Å². The lowest BCUT2D eigenvalue weighted by Gasteiger charge is -2.09. The lowest BCUT2D eigenvalue weighted by Crippen LogP contribution is -2.04. The third kappa shape index (κ3) is 2.25. The Morgan fingerprint density at radius 1 is 1.25 bits per heavy atom. The van der Waals surface area contributed by atoms with E-state index in [1.165, 1.54) is 7.11 Å². The number of hydrogen-bond acceptors (Lipinski definition) is 3. The Bertz CT molecular complexity index is 679. The van der Waals surface area contributed by atoms with Crippen molar-refractivity contribution in [2.75, 3.05) is 13.7 Å². The summed E-state index contributed by atoms with van der Waals surface area (Å²) >= 11 is 5.97. The first-order valence-corrected chi connectivity index (χ1v) is 6.71. The van der Waals surface area contributed by atoms with Gasteiger partial charge in [0.05, 0.1) is 19.3 Å². The minimum absolute atomic E-state index is 0.0981. The lowest BCUT2D eigenvalue weighted by atomic mass is 10.00. The average Bonchev–Trinajstić information content (AvgIpc) is 2.93. The first-order valence-electron chi connectivity index (χ1n) is 6.33. The summed E-state index contributed by atoms with van der Waals surface area (Å²) in [5.74, 6) is 1.29. The van der Waals surface area contributed by atoms with E-state index in [2.05, 4.69) is 0 Å². The predicted molar refractivity (Wildman–Crippen MR) is 77.1 cm³/mol. The third-order valence-corrected chi connectivity index (χ3v) is 3.59. The van der Waals surface area contributed by atoms with Crippen LogP contribution in [0.25, 0.3) is 0 Å². The van der Waals surface area contributed by atoms with Crippen molar-refractivity contribution in [2.24, 2.45) is 0 Å². The largest absolute Gasteiger partial charge is 0.496 e. The molecule has 2 aromatic rings. The molecule has 1 aliphatic rings. The Balaban J connectivity index is 2.02. The van der Waals surface area contributed by atoms with Crippen molar-refractivity contribution in [1.82, 2.24) is 0 Å². The van der Waals surface area contributed by atoms with Crippen molar-refractivity contribution < 1.29 is 14.3 Å². The fraction of sp³-hybridized carbons (Fsp3) is 0.188. The maximum atomic E-state index is 12.6. The Hall–Kier alpha value is -2.00. The Kier molecular flexibility index (Phi) is 3.36. The predicted octanol–water partition coefficient (Wildman–Crippen LogP) is 3.51. The molecule has 0 saturated heterocycles. The molecule has 1 aliphatic heterocycles. The lowest BCUT2D eigenvalue weighted by molar-refractivity contribution is 0.103. The maximum absolute atomic E-state index is 12.6. The number of halogens is 1. The van der Waals surface area contributed by atoms with Crippen molar-refractivity contribution in [2.45, 2.75) is 6.42 Å². The van der Waals surface area contributed by atoms with Gasteiger partial charge >= 0.3 is 0 Å². The van der Waals surface area contributed by atoms with Crippen LogP contribution in [0.1, 0.15) is 21.5 Å². The van der Waals surface area contributed by atoms with Gasteiger partial charge in [0, 0.05) is 17.0 Å². The number of carbonyl (C=O) groups is 1. The number of hydrogen-bond donors (Lipinski definition) is 0. The van der Waals surface area contributed by atoms with Gasteiger partial charge in [-0.25, -0.2) is 0 Å². The molecule has 0 bridgehead atoms. The first-order chi connectivity index (χ1) is 9.69. The molecule has 1 heterocycles. The Morgan fingerprint density at radius 2 is 2.10 bits per heavy atom. The molecule has 0 aliphatic carbocycles. The van der Waals surface area contributed by atoms with E-state index >= 15 is 0 Å². The summed E-state index contributed by atoms with van der Waals surface area (Å²) in [6.45, 7) is 0.674. The van der Waals surface area contributed by atoms with Crippen LogP contribution in [0.3, 0.4) is 0 Å². The molecule has 3 rings (SSSR count). The molecule has 4 heteroatoms. The van der Waals surface area contributed by atoms with Gasteiger partial charge in [0.25, 0.3) is 0 Å². The van der Waals surface area contributed by atoms with Gasteiger partial charge in [-0.2, -0.15) is 0 Å². The molecule has 20 heavy (non-hydrogen) atoms. The van der Waals surface area contributed by atoms with Gasteiger partial charge in [-0.1, -0.05) is 11.6 Å². The second kappa shape index (κ2) is 5.17. The van der Waals surface area contributed by atoms with Crippen molar-refractivity contribution in [3.63, 3.8) is 0 Å². The van der Waals surface area contributed by atoms with E-state index in [1.807, 2.05) is 12.1 Å². The fourth-order valence-corrected chi connectivity index (χ4v) is 2.51. The molecule has 0 unspecified atom stereocenters. The van der Waals surface area contributed by atoms with E-state index < -0.39 is 0 Å². The number of ether oxygens (including phenoxy) is 2. The quantitative estimate of drug-likeness (QED) is 0.811. The van der Waals surface area contributed by atoms with E-state index in [4.69, 9.17) is 21.1 Å². The summed E-state index contributed by atoms with van der Waals surface area (Å²) in [6.07, 6.45) is 0.836. The molecule has 0 fully saturated rings. The van der Waals surface area contributed by atoms with Gasteiger partial charge in [-0.15, -0.1) is 0 Å². The van der Waals surface area contributed by atoms with Gasteiger partial charge in [0.15, 0.2) is 5.78 Å². The monoisotopic (exact) mass is 288 g/mol. The highest BCUT2D eigenvalue weighted by atomic mass is 35.5. The second-order valence-electron chi connectivity index (χ2n) is 4.59. The van der Waals surface area contributed by atoms with E-state index in [-0.39, 0.29) is 5.78 Å². The summed E-state index contributed by atoms with van der Waals surface area (Å²) < 4.78 is 10.7. The number of fused-ring (bicyclic) bond motifs is 1. The second-order valence-corrected chi connectivity index (χ2v) is 5.03. The molecule has 0 N–H and O–H groups in total. The highest BCUT2D eigenvalue weighted by Gasteiger charge is 2.18. The molecule has 0 atom stereocenters. The third-order valence-electron chi connectivity index (χ3n) is 3.36. The molecular formula is C16H13ClO3. The number of benzene rings is 2. The number of rotatable bonds is 3. The van der Waals surface area contributed by atoms with Crippen molar-refractivity contribution in [1.29, 1.82) is 0 Å². The maximum Gasteiger partial charge on any atom is 0.196 e. The summed E-state index contributed by atoms with van der Waals surface area (Å²) in [6, 6.07) is 10.5. The van der Waals surface area contributed by atoms with Crippen LogP contribution in [0, 0.1) is 0 Å². The Morgan fingerprint density at radius 3 is 2.90 bits per heavy atom. The number of ketones is 1. The van der Waals surface area contributed by atoms with Crippen molar-refractivity contribution >= 4 is 17.4 Å². The van der Waals surface area contributed by atoms with Crippen molar-refractivity contribution in [3.8, 4) is 11.5 Å². The normalized spacial score (nSPS) is 12.7.